The zero-order valence-electron chi connectivity index (χ0n) is 21.4. The van der Waals surface area contributed by atoms with Gasteiger partial charge in [0.15, 0.2) is 0 Å². The van der Waals surface area contributed by atoms with E-state index in [0.717, 1.165) is 16.7 Å². The lowest BCUT2D eigenvalue weighted by Crippen LogP contribution is -2.38. The number of anilines is 2. The first-order valence-corrected chi connectivity index (χ1v) is 11.6. The van der Waals surface area contributed by atoms with Crippen molar-refractivity contribution in [3.63, 3.8) is 0 Å². The molecule has 2 heterocycles. The van der Waals surface area contributed by atoms with Crippen molar-refractivity contribution in [2.75, 3.05) is 32.6 Å². The predicted octanol–water partition coefficient (Wildman–Crippen LogP) is 3.56. The Balaban J connectivity index is 2.02. The number of aromatic amines is 1. The molecule has 2 aromatic carbocycles. The topological polar surface area (TPSA) is 107 Å². The van der Waals surface area contributed by atoms with Gasteiger partial charge in [0, 0.05) is 16.9 Å². The first-order valence-electron chi connectivity index (χ1n) is 11.6. The third-order valence-electron chi connectivity index (χ3n) is 6.07. The van der Waals surface area contributed by atoms with E-state index in [9.17, 15) is 28.0 Å². The third kappa shape index (κ3) is 5.15. The van der Waals surface area contributed by atoms with Crippen molar-refractivity contribution in [3.05, 3.63) is 86.5 Å². The normalized spacial score (nSPS) is 14.9. The molecule has 200 valence electrons. The summed E-state index contributed by atoms with van der Waals surface area (Å²) in [6.07, 6.45) is -4.62. The molecule has 0 aliphatic carbocycles. The molecule has 1 aliphatic rings. The van der Waals surface area contributed by atoms with Crippen LogP contribution in [0.4, 0.5) is 24.8 Å². The van der Waals surface area contributed by atoms with E-state index in [1.165, 1.54) is 37.1 Å². The van der Waals surface area contributed by atoms with E-state index in [2.05, 4.69) is 28.1 Å². The number of ether oxygens (including phenoxy) is 1. The van der Waals surface area contributed by atoms with Crippen LogP contribution in [0, 0.1) is 23.2 Å². The molecule has 1 aromatic heterocycles. The molecule has 0 amide bonds. The lowest BCUT2D eigenvalue weighted by molar-refractivity contribution is -0.138. The quantitative estimate of drug-likeness (QED) is 0.401. The molecule has 4 rings (SSSR count). The summed E-state index contributed by atoms with van der Waals surface area (Å²) >= 11 is 0. The number of carbonyl (C=O) groups is 1. The van der Waals surface area contributed by atoms with E-state index < -0.39 is 29.4 Å². The summed E-state index contributed by atoms with van der Waals surface area (Å²) in [6.45, 7) is 1.93. The van der Waals surface area contributed by atoms with Gasteiger partial charge in [-0.15, -0.1) is 5.10 Å². The Hall–Kier alpha value is -4.81. The number of carbonyl (C=O) groups excluding carboxylic acids is 1. The Morgan fingerprint density at radius 2 is 1.97 bits per heavy atom. The van der Waals surface area contributed by atoms with Crippen LogP contribution < -0.4 is 10.6 Å². The summed E-state index contributed by atoms with van der Waals surface area (Å²) in [5.41, 5.74) is -0.278. The number of allylic oxidation sites excluding steroid dienone is 1. The summed E-state index contributed by atoms with van der Waals surface area (Å²) in [6, 6.07) is 10.1. The third-order valence-corrected chi connectivity index (χ3v) is 6.07. The second-order valence-corrected chi connectivity index (χ2v) is 8.93. The van der Waals surface area contributed by atoms with Crippen LogP contribution in [0.5, 0.6) is 0 Å². The molecule has 1 unspecified atom stereocenters. The molecule has 1 atom stereocenters. The molecule has 0 bridgehead atoms. The van der Waals surface area contributed by atoms with Crippen LogP contribution in [-0.4, -0.2) is 53.4 Å². The number of aromatic nitrogens is 3. The van der Waals surface area contributed by atoms with Gasteiger partial charge in [-0.05, 0) is 56.9 Å². The van der Waals surface area contributed by atoms with Crippen LogP contribution in [0.15, 0.2) is 58.5 Å². The molecule has 0 saturated heterocycles. The molecule has 0 saturated carbocycles. The van der Waals surface area contributed by atoms with Crippen molar-refractivity contribution in [3.8, 4) is 17.9 Å². The Morgan fingerprint density at radius 3 is 2.62 bits per heavy atom. The Bertz CT molecular complexity index is 1630. The van der Waals surface area contributed by atoms with Crippen molar-refractivity contribution in [2.45, 2.75) is 19.1 Å². The summed E-state index contributed by atoms with van der Waals surface area (Å²) in [5.74, 6) is 5.17. The second-order valence-electron chi connectivity index (χ2n) is 8.93. The van der Waals surface area contributed by atoms with Crippen LogP contribution in [0.25, 0.3) is 0 Å². The van der Waals surface area contributed by atoms with Gasteiger partial charge >= 0.3 is 17.8 Å². The number of fused-ring (bicyclic) bond motifs is 1. The zero-order valence-corrected chi connectivity index (χ0v) is 21.4. The van der Waals surface area contributed by atoms with Gasteiger partial charge in [0.05, 0.1) is 36.4 Å². The highest BCUT2D eigenvalue weighted by Crippen LogP contribution is 2.43. The van der Waals surface area contributed by atoms with E-state index >= 15 is 0 Å². The van der Waals surface area contributed by atoms with Crippen LogP contribution in [0.3, 0.4) is 0 Å². The molecular weight excluding hydrogens is 513 g/mol. The number of nitrogens with zero attached hydrogens (tertiary/aromatic N) is 5. The maximum absolute atomic E-state index is 13.5. The fourth-order valence-corrected chi connectivity index (χ4v) is 4.34. The number of nitrogens with one attached hydrogen (secondary N) is 1. The van der Waals surface area contributed by atoms with Gasteiger partial charge in [-0.2, -0.15) is 18.4 Å². The number of alkyl halides is 3. The number of halogens is 3. The van der Waals surface area contributed by atoms with Gasteiger partial charge < -0.3 is 4.74 Å². The Kier molecular flexibility index (Phi) is 7.34. The van der Waals surface area contributed by atoms with E-state index in [1.807, 2.05) is 19.0 Å². The smallest absolute Gasteiger partial charge is 0.416 e. The summed E-state index contributed by atoms with van der Waals surface area (Å²) < 4.78 is 46.8. The van der Waals surface area contributed by atoms with E-state index in [0.29, 0.717) is 23.2 Å². The summed E-state index contributed by atoms with van der Waals surface area (Å²) in [4.78, 5) is 29.5. The number of nitriles is 1. The molecule has 1 N–H and O–H groups in total. The minimum absolute atomic E-state index is 0.00808. The number of benzene rings is 2. The minimum Gasteiger partial charge on any atom is -0.466 e. The molecule has 39 heavy (non-hydrogen) atoms. The maximum Gasteiger partial charge on any atom is 0.416 e. The average molecular weight is 537 g/mol. The van der Waals surface area contributed by atoms with E-state index in [4.69, 9.17) is 4.74 Å². The molecular formula is C27H23F3N6O3. The minimum atomic E-state index is -4.62. The molecule has 3 aromatic rings. The van der Waals surface area contributed by atoms with Gasteiger partial charge in [-0.25, -0.2) is 19.3 Å². The number of hydrogen-bond acceptors (Lipinski definition) is 7. The number of H-pyrrole nitrogens is 1. The monoisotopic (exact) mass is 536 g/mol. The molecule has 0 fully saturated rings. The van der Waals surface area contributed by atoms with Crippen LogP contribution in [0.2, 0.25) is 0 Å². The molecule has 0 spiro atoms. The first kappa shape index (κ1) is 27.2. The number of methoxy groups -OCH3 is 1. The van der Waals surface area contributed by atoms with Gasteiger partial charge in [-0.3, -0.25) is 9.80 Å². The van der Waals surface area contributed by atoms with Gasteiger partial charge in [0.25, 0.3) is 0 Å². The SMILES string of the molecule is COC(=O)C1=C(C)N(c2cccc(C(F)(F)F)c2)c2n[nH]c(=O)n2C1c1ccc(C#N)cc1C#CCN(C)C. The predicted molar refractivity (Wildman–Crippen MR) is 136 cm³/mol. The number of esters is 1. The fraction of sp³-hybridized carbons (Fsp3) is 0.259. The average Bonchev–Trinajstić information content (AvgIpc) is 3.27. The Morgan fingerprint density at radius 1 is 1.23 bits per heavy atom. The first-order chi connectivity index (χ1) is 18.5. The molecule has 9 nitrogen and oxygen atoms in total. The van der Waals surface area contributed by atoms with Crippen LogP contribution in [0.1, 0.15) is 35.2 Å². The van der Waals surface area contributed by atoms with Gasteiger partial charge in [-0.1, -0.05) is 24.0 Å². The summed E-state index contributed by atoms with van der Waals surface area (Å²) in [5, 5.41) is 15.9. The zero-order chi connectivity index (χ0) is 28.5. The van der Waals surface area contributed by atoms with Crippen molar-refractivity contribution < 1.29 is 22.7 Å². The lowest BCUT2D eigenvalue weighted by Gasteiger charge is -2.35. The van der Waals surface area contributed by atoms with Crippen LogP contribution in [-0.2, 0) is 15.7 Å². The lowest BCUT2D eigenvalue weighted by atomic mass is 9.90. The fourth-order valence-electron chi connectivity index (χ4n) is 4.34. The molecule has 1 aliphatic heterocycles. The van der Waals surface area contributed by atoms with Crippen LogP contribution >= 0.6 is 0 Å². The largest absolute Gasteiger partial charge is 0.466 e. The van der Waals surface area contributed by atoms with Crippen molar-refractivity contribution in [1.29, 1.82) is 5.26 Å². The van der Waals surface area contributed by atoms with Gasteiger partial charge in [0.2, 0.25) is 5.95 Å². The highest BCUT2D eigenvalue weighted by Gasteiger charge is 2.41. The maximum atomic E-state index is 13.5. The van der Waals surface area contributed by atoms with Crippen molar-refractivity contribution >= 4 is 17.6 Å². The highest BCUT2D eigenvalue weighted by atomic mass is 19.4. The number of hydrogen-bond donors (Lipinski definition) is 1. The van der Waals surface area contributed by atoms with E-state index in [-0.39, 0.29) is 22.9 Å². The van der Waals surface area contributed by atoms with Crippen molar-refractivity contribution in [1.82, 2.24) is 19.7 Å². The highest BCUT2D eigenvalue weighted by molar-refractivity contribution is 5.93. The van der Waals surface area contributed by atoms with Gasteiger partial charge in [0.1, 0.15) is 6.04 Å². The molecule has 0 radical (unpaired) electrons. The Labute approximate surface area is 221 Å². The second kappa shape index (κ2) is 10.5. The van der Waals surface area contributed by atoms with Crippen molar-refractivity contribution in [2.24, 2.45) is 0 Å². The standard InChI is InChI=1S/C27H23F3N6O3/c1-16-22(24(37)39-4)23(21-11-10-17(15-31)13-18(21)7-6-12-34(2)3)36-25(32-33-26(36)38)35(16)20-9-5-8-19(14-20)27(28,29)30/h5,8-11,13-14,23H,12H2,1-4H3,(H,33,38). The van der Waals surface area contributed by atoms with E-state index in [1.54, 1.807) is 12.1 Å². The summed E-state index contributed by atoms with van der Waals surface area (Å²) in [7, 11) is 4.84. The molecule has 12 heteroatoms. The number of rotatable bonds is 4.